The van der Waals surface area contributed by atoms with Crippen molar-refractivity contribution in [1.29, 1.82) is 0 Å². The molecule has 1 fully saturated rings. The first kappa shape index (κ1) is 10.2. The van der Waals surface area contributed by atoms with Crippen molar-refractivity contribution in [3.8, 4) is 0 Å². The lowest BCUT2D eigenvalue weighted by molar-refractivity contribution is 0.0124. The second-order valence-electron chi connectivity index (χ2n) is 2.77. The Balaban J connectivity index is 2.58. The summed E-state index contributed by atoms with van der Waals surface area (Å²) in [4.78, 5) is 0. The molecule has 0 N–H and O–H groups in total. The molecule has 1 heterocycles. The predicted octanol–water partition coefficient (Wildman–Crippen LogP) is -0.114. The third kappa shape index (κ3) is 2.58. The van der Waals surface area contributed by atoms with E-state index in [0.717, 1.165) is 0 Å². The number of hydrogen-bond acceptors (Lipinski definition) is 3. The first-order chi connectivity index (χ1) is 5.54. The zero-order chi connectivity index (χ0) is 9.19. The topological polar surface area (TPSA) is 46.6 Å². The zero-order valence-corrected chi connectivity index (χ0v) is 8.44. The highest BCUT2D eigenvalue weighted by Crippen LogP contribution is 2.09. The zero-order valence-electron chi connectivity index (χ0n) is 6.86. The average molecular weight is 214 g/mol. The van der Waals surface area contributed by atoms with E-state index in [1.807, 2.05) is 0 Å². The minimum atomic E-state index is -3.07. The molecule has 0 aromatic carbocycles. The summed E-state index contributed by atoms with van der Waals surface area (Å²) >= 11 is 5.55. The normalized spacial score (nSPS) is 27.3. The van der Waals surface area contributed by atoms with Crippen LogP contribution < -0.4 is 0 Å². The fourth-order valence-electron chi connectivity index (χ4n) is 1.09. The molecule has 0 spiro atoms. The second kappa shape index (κ2) is 3.91. The highest BCUT2D eigenvalue weighted by atomic mass is 35.5. The summed E-state index contributed by atoms with van der Waals surface area (Å²) in [5.41, 5.74) is 0. The highest BCUT2D eigenvalue weighted by Gasteiger charge is 2.25. The number of morpholine rings is 1. The van der Waals surface area contributed by atoms with Crippen molar-refractivity contribution >= 4 is 21.6 Å². The lowest BCUT2D eigenvalue weighted by Crippen LogP contribution is -2.45. The third-order valence-corrected chi connectivity index (χ3v) is 3.36. The van der Waals surface area contributed by atoms with Gasteiger partial charge >= 0.3 is 0 Å². The third-order valence-electron chi connectivity index (χ3n) is 1.74. The van der Waals surface area contributed by atoms with Gasteiger partial charge < -0.3 is 4.74 Å². The molecule has 0 saturated carbocycles. The standard InChI is InChI=1S/C6H12ClNO3S/c1-12(9,10)8-2-3-11-6(4-7)5-8/h6H,2-5H2,1H3. The van der Waals surface area contributed by atoms with Gasteiger partial charge in [0.25, 0.3) is 0 Å². The Labute approximate surface area is 77.5 Å². The van der Waals surface area contributed by atoms with Gasteiger partial charge in [-0.25, -0.2) is 8.42 Å². The lowest BCUT2D eigenvalue weighted by atomic mass is 10.3. The maximum atomic E-state index is 11.1. The van der Waals surface area contributed by atoms with Crippen LogP contribution in [-0.4, -0.2) is 50.7 Å². The van der Waals surface area contributed by atoms with Crippen LogP contribution in [0.25, 0.3) is 0 Å². The van der Waals surface area contributed by atoms with Gasteiger partial charge in [-0.2, -0.15) is 4.31 Å². The number of nitrogens with zero attached hydrogens (tertiary/aromatic N) is 1. The van der Waals surface area contributed by atoms with Gasteiger partial charge in [-0.1, -0.05) is 0 Å². The second-order valence-corrected chi connectivity index (χ2v) is 5.06. The van der Waals surface area contributed by atoms with E-state index in [9.17, 15) is 8.42 Å². The van der Waals surface area contributed by atoms with Gasteiger partial charge in [-0.05, 0) is 0 Å². The SMILES string of the molecule is CS(=O)(=O)N1CCOC(CCl)C1. The van der Waals surface area contributed by atoms with Gasteiger partial charge in [0.1, 0.15) is 0 Å². The van der Waals surface area contributed by atoms with E-state index < -0.39 is 10.0 Å². The van der Waals surface area contributed by atoms with E-state index in [-0.39, 0.29) is 6.10 Å². The van der Waals surface area contributed by atoms with Crippen LogP contribution in [0.2, 0.25) is 0 Å². The molecule has 0 aromatic heterocycles. The lowest BCUT2D eigenvalue weighted by Gasteiger charge is -2.29. The molecule has 1 aliphatic rings. The molecule has 6 heteroatoms. The van der Waals surface area contributed by atoms with Gasteiger partial charge in [0.2, 0.25) is 10.0 Å². The molecule has 1 saturated heterocycles. The summed E-state index contributed by atoms with van der Waals surface area (Å²) in [6, 6.07) is 0. The summed E-state index contributed by atoms with van der Waals surface area (Å²) < 4.78 is 28.8. The van der Waals surface area contributed by atoms with Gasteiger partial charge in [-0.3, -0.25) is 0 Å². The molecule has 4 nitrogen and oxygen atoms in total. The minimum absolute atomic E-state index is 0.157. The average Bonchev–Trinajstić information content (AvgIpc) is 2.03. The first-order valence-electron chi connectivity index (χ1n) is 3.66. The Kier molecular flexibility index (Phi) is 3.34. The van der Waals surface area contributed by atoms with Crippen LogP contribution >= 0.6 is 11.6 Å². The van der Waals surface area contributed by atoms with Crippen LogP contribution in [0, 0.1) is 0 Å². The van der Waals surface area contributed by atoms with Crippen molar-refractivity contribution in [2.24, 2.45) is 0 Å². The van der Waals surface area contributed by atoms with E-state index in [4.69, 9.17) is 16.3 Å². The van der Waals surface area contributed by atoms with E-state index >= 15 is 0 Å². The molecule has 0 aliphatic carbocycles. The number of hydrogen-bond donors (Lipinski definition) is 0. The summed E-state index contributed by atoms with van der Waals surface area (Å²) in [5, 5.41) is 0. The number of rotatable bonds is 2. The van der Waals surface area contributed by atoms with E-state index in [2.05, 4.69) is 0 Å². The number of alkyl halides is 1. The number of halogens is 1. The van der Waals surface area contributed by atoms with Crippen LogP contribution in [0.1, 0.15) is 0 Å². The monoisotopic (exact) mass is 213 g/mol. The molecule has 0 radical (unpaired) electrons. The van der Waals surface area contributed by atoms with E-state index in [0.29, 0.717) is 25.6 Å². The number of sulfonamides is 1. The van der Waals surface area contributed by atoms with Crippen molar-refractivity contribution in [1.82, 2.24) is 4.31 Å². The Morgan fingerprint density at radius 1 is 1.67 bits per heavy atom. The summed E-state index contributed by atoms with van der Waals surface area (Å²) in [5.74, 6) is 0.339. The highest BCUT2D eigenvalue weighted by molar-refractivity contribution is 7.88. The van der Waals surface area contributed by atoms with Crippen molar-refractivity contribution in [3.05, 3.63) is 0 Å². The maximum Gasteiger partial charge on any atom is 0.211 e. The molecule has 72 valence electrons. The van der Waals surface area contributed by atoms with Gasteiger partial charge in [-0.15, -0.1) is 11.6 Å². The Morgan fingerprint density at radius 3 is 2.83 bits per heavy atom. The fourth-order valence-corrected chi connectivity index (χ4v) is 2.12. The molecular formula is C6H12ClNO3S. The smallest absolute Gasteiger partial charge is 0.211 e. The first-order valence-corrected chi connectivity index (χ1v) is 6.05. The molecular weight excluding hydrogens is 202 g/mol. The molecule has 1 atom stereocenters. The van der Waals surface area contributed by atoms with Crippen LogP contribution in [0.3, 0.4) is 0 Å². The maximum absolute atomic E-state index is 11.1. The molecule has 0 bridgehead atoms. The number of ether oxygens (including phenoxy) is 1. The molecule has 12 heavy (non-hydrogen) atoms. The van der Waals surface area contributed by atoms with Crippen LogP contribution in [0.15, 0.2) is 0 Å². The van der Waals surface area contributed by atoms with Gasteiger partial charge in [0, 0.05) is 19.0 Å². The molecule has 1 unspecified atom stereocenters. The molecule has 1 aliphatic heterocycles. The minimum Gasteiger partial charge on any atom is -0.374 e. The molecule has 0 amide bonds. The van der Waals surface area contributed by atoms with Crippen LogP contribution in [0.4, 0.5) is 0 Å². The predicted molar refractivity (Wildman–Crippen MR) is 46.9 cm³/mol. The Bertz CT molecular complexity index is 241. The fraction of sp³-hybridized carbons (Fsp3) is 1.00. The van der Waals surface area contributed by atoms with Crippen molar-refractivity contribution in [2.45, 2.75) is 6.10 Å². The Hall–Kier alpha value is 0.160. The van der Waals surface area contributed by atoms with E-state index in [1.165, 1.54) is 10.6 Å². The van der Waals surface area contributed by atoms with Crippen molar-refractivity contribution in [2.75, 3.05) is 31.8 Å². The molecule has 0 aromatic rings. The van der Waals surface area contributed by atoms with Crippen molar-refractivity contribution in [3.63, 3.8) is 0 Å². The van der Waals surface area contributed by atoms with E-state index in [1.54, 1.807) is 0 Å². The van der Waals surface area contributed by atoms with Gasteiger partial charge in [0.15, 0.2) is 0 Å². The quantitative estimate of drug-likeness (QED) is 0.602. The summed E-state index contributed by atoms with van der Waals surface area (Å²) in [6.07, 6.45) is 1.04. The largest absolute Gasteiger partial charge is 0.374 e. The molecule has 1 rings (SSSR count). The van der Waals surface area contributed by atoms with Crippen LogP contribution in [0.5, 0.6) is 0 Å². The Morgan fingerprint density at radius 2 is 2.33 bits per heavy atom. The summed E-state index contributed by atoms with van der Waals surface area (Å²) in [6.45, 7) is 1.25. The summed E-state index contributed by atoms with van der Waals surface area (Å²) in [7, 11) is -3.07. The van der Waals surface area contributed by atoms with Crippen LogP contribution in [-0.2, 0) is 14.8 Å². The van der Waals surface area contributed by atoms with Gasteiger partial charge in [0.05, 0.1) is 19.0 Å². The van der Waals surface area contributed by atoms with Crippen molar-refractivity contribution < 1.29 is 13.2 Å².